The van der Waals surface area contributed by atoms with Crippen molar-refractivity contribution in [2.24, 2.45) is 17.8 Å². The fourth-order valence-electron chi connectivity index (χ4n) is 5.11. The maximum atomic E-state index is 3.79. The molecule has 2 saturated carbocycles. The molecule has 0 saturated heterocycles. The lowest BCUT2D eigenvalue weighted by Crippen LogP contribution is -2.59. The van der Waals surface area contributed by atoms with Crippen molar-refractivity contribution >= 4 is 0 Å². The van der Waals surface area contributed by atoms with E-state index in [4.69, 9.17) is 0 Å². The summed E-state index contributed by atoms with van der Waals surface area (Å²) in [4.78, 5) is 2.77. The molecule has 6 unspecified atom stereocenters. The summed E-state index contributed by atoms with van der Waals surface area (Å²) >= 11 is 0. The van der Waals surface area contributed by atoms with Crippen molar-refractivity contribution in [2.45, 2.75) is 84.3 Å². The Morgan fingerprint density at radius 1 is 1.00 bits per heavy atom. The highest BCUT2D eigenvalue weighted by atomic mass is 15.2. The Balaban J connectivity index is 2.09. The molecule has 1 N–H and O–H groups in total. The average molecular weight is 280 g/mol. The van der Waals surface area contributed by atoms with Crippen LogP contribution in [0.5, 0.6) is 0 Å². The molecule has 2 aliphatic carbocycles. The van der Waals surface area contributed by atoms with Crippen LogP contribution in [0.2, 0.25) is 0 Å². The third-order valence-electron chi connectivity index (χ3n) is 5.95. The molecule has 0 aromatic carbocycles. The van der Waals surface area contributed by atoms with E-state index < -0.39 is 0 Å². The first-order chi connectivity index (χ1) is 9.54. The molecule has 0 spiro atoms. The van der Waals surface area contributed by atoms with Crippen LogP contribution >= 0.6 is 0 Å². The van der Waals surface area contributed by atoms with Gasteiger partial charge in [-0.15, -0.1) is 0 Å². The van der Waals surface area contributed by atoms with Crippen LogP contribution in [0.1, 0.15) is 66.2 Å². The number of nitrogens with one attached hydrogen (secondary N) is 1. The van der Waals surface area contributed by atoms with Crippen LogP contribution in [0, 0.1) is 17.8 Å². The van der Waals surface area contributed by atoms with Gasteiger partial charge in [-0.05, 0) is 57.0 Å². The zero-order valence-electron chi connectivity index (χ0n) is 14.4. The number of hydrogen-bond acceptors (Lipinski definition) is 2. The summed E-state index contributed by atoms with van der Waals surface area (Å²) in [6.07, 6.45) is 8.47. The molecule has 0 aliphatic heterocycles. The number of nitrogens with zero attached hydrogens (tertiary/aromatic N) is 1. The molecule has 0 aromatic heterocycles. The Hall–Kier alpha value is -0.0800. The average Bonchev–Trinajstić information content (AvgIpc) is 2.38. The van der Waals surface area contributed by atoms with Gasteiger partial charge in [-0.2, -0.15) is 0 Å². The van der Waals surface area contributed by atoms with E-state index in [1.807, 2.05) is 0 Å². The summed E-state index contributed by atoms with van der Waals surface area (Å²) in [7, 11) is 2.41. The monoisotopic (exact) mass is 280 g/mol. The summed E-state index contributed by atoms with van der Waals surface area (Å²) in [6.45, 7) is 10.7. The molecule has 2 nitrogen and oxygen atoms in total. The summed E-state index contributed by atoms with van der Waals surface area (Å²) in [5.74, 6) is 2.58. The van der Waals surface area contributed by atoms with Crippen LogP contribution in [0.25, 0.3) is 0 Å². The number of rotatable bonds is 4. The molecule has 6 atom stereocenters. The van der Waals surface area contributed by atoms with Crippen LogP contribution in [0.4, 0.5) is 0 Å². The lowest BCUT2D eigenvalue weighted by Gasteiger charge is -2.49. The van der Waals surface area contributed by atoms with Gasteiger partial charge in [0.15, 0.2) is 0 Å². The molecule has 0 radical (unpaired) electrons. The molecular weight excluding hydrogens is 244 g/mol. The smallest absolute Gasteiger partial charge is 0.0275 e. The van der Waals surface area contributed by atoms with E-state index in [2.05, 4.69) is 45.0 Å². The normalized spacial score (nSPS) is 42.9. The van der Waals surface area contributed by atoms with Crippen molar-refractivity contribution in [3.63, 3.8) is 0 Å². The second-order valence-electron chi connectivity index (χ2n) is 7.70. The van der Waals surface area contributed by atoms with Crippen molar-refractivity contribution in [3.8, 4) is 0 Å². The SMILES string of the molecule is CCNC1CC(C)CC(C)C1N(C)C1CCCCC1C. The van der Waals surface area contributed by atoms with Gasteiger partial charge < -0.3 is 5.32 Å². The minimum Gasteiger partial charge on any atom is -0.313 e. The molecule has 2 fully saturated rings. The minimum atomic E-state index is 0.692. The van der Waals surface area contributed by atoms with Crippen molar-refractivity contribution in [1.82, 2.24) is 10.2 Å². The topological polar surface area (TPSA) is 15.3 Å². The van der Waals surface area contributed by atoms with Gasteiger partial charge >= 0.3 is 0 Å². The standard InChI is InChI=1S/C18H36N2/c1-6-19-16-12-13(2)11-15(4)18(16)20(5)17-10-8-7-9-14(17)3/h13-19H,6-12H2,1-5H3. The Labute approximate surface area is 126 Å². The second kappa shape index (κ2) is 7.26. The van der Waals surface area contributed by atoms with Gasteiger partial charge in [0.2, 0.25) is 0 Å². The van der Waals surface area contributed by atoms with E-state index in [0.29, 0.717) is 6.04 Å². The van der Waals surface area contributed by atoms with Gasteiger partial charge in [-0.3, -0.25) is 4.90 Å². The van der Waals surface area contributed by atoms with Crippen LogP contribution in [0.3, 0.4) is 0 Å². The first-order valence-electron chi connectivity index (χ1n) is 8.99. The second-order valence-corrected chi connectivity index (χ2v) is 7.70. The highest BCUT2D eigenvalue weighted by molar-refractivity contribution is 4.96. The molecule has 2 aliphatic rings. The van der Waals surface area contributed by atoms with Crippen molar-refractivity contribution in [2.75, 3.05) is 13.6 Å². The number of likely N-dealkylation sites (N-methyl/N-ethyl adjacent to an activating group) is 2. The zero-order chi connectivity index (χ0) is 14.7. The molecule has 0 bridgehead atoms. The Bertz CT molecular complexity index is 291. The molecule has 2 heteroatoms. The van der Waals surface area contributed by atoms with Gasteiger partial charge in [-0.25, -0.2) is 0 Å². The van der Waals surface area contributed by atoms with Crippen LogP contribution in [-0.4, -0.2) is 36.6 Å². The van der Waals surface area contributed by atoms with Crippen LogP contribution < -0.4 is 5.32 Å². The fourth-order valence-corrected chi connectivity index (χ4v) is 5.11. The summed E-state index contributed by atoms with van der Waals surface area (Å²) in [5.41, 5.74) is 0. The highest BCUT2D eigenvalue weighted by Crippen LogP contribution is 2.36. The quantitative estimate of drug-likeness (QED) is 0.840. The maximum absolute atomic E-state index is 3.79. The third kappa shape index (κ3) is 3.57. The van der Waals surface area contributed by atoms with E-state index in [9.17, 15) is 0 Å². The molecular formula is C18H36N2. The van der Waals surface area contributed by atoms with Gasteiger partial charge in [-0.1, -0.05) is 40.5 Å². The van der Waals surface area contributed by atoms with E-state index in [1.54, 1.807) is 0 Å². The van der Waals surface area contributed by atoms with E-state index >= 15 is 0 Å². The summed E-state index contributed by atoms with van der Waals surface area (Å²) in [5, 5.41) is 3.79. The predicted molar refractivity (Wildman–Crippen MR) is 88.0 cm³/mol. The van der Waals surface area contributed by atoms with Gasteiger partial charge in [0, 0.05) is 18.1 Å². The first kappa shape index (κ1) is 16.3. The largest absolute Gasteiger partial charge is 0.313 e. The Kier molecular flexibility index (Phi) is 5.92. The van der Waals surface area contributed by atoms with Crippen molar-refractivity contribution < 1.29 is 0 Å². The summed E-state index contributed by atoms with van der Waals surface area (Å²) < 4.78 is 0. The lowest BCUT2D eigenvalue weighted by molar-refractivity contribution is 0.0199. The third-order valence-corrected chi connectivity index (χ3v) is 5.95. The van der Waals surface area contributed by atoms with E-state index in [0.717, 1.165) is 36.4 Å². The van der Waals surface area contributed by atoms with Gasteiger partial charge in [0.05, 0.1) is 0 Å². The lowest BCUT2D eigenvalue weighted by atomic mass is 9.74. The Morgan fingerprint density at radius 2 is 1.70 bits per heavy atom. The Morgan fingerprint density at radius 3 is 2.35 bits per heavy atom. The van der Waals surface area contributed by atoms with Crippen LogP contribution in [0.15, 0.2) is 0 Å². The van der Waals surface area contributed by atoms with Gasteiger partial charge in [0.25, 0.3) is 0 Å². The molecule has 0 amide bonds. The maximum Gasteiger partial charge on any atom is 0.0275 e. The molecule has 2 rings (SSSR count). The fraction of sp³-hybridized carbons (Fsp3) is 1.00. The highest BCUT2D eigenvalue weighted by Gasteiger charge is 2.39. The molecule has 0 heterocycles. The van der Waals surface area contributed by atoms with Gasteiger partial charge in [0.1, 0.15) is 0 Å². The van der Waals surface area contributed by atoms with E-state index in [1.165, 1.54) is 38.5 Å². The summed E-state index contributed by atoms with van der Waals surface area (Å²) in [6, 6.07) is 2.24. The first-order valence-corrected chi connectivity index (χ1v) is 8.99. The molecule has 118 valence electrons. The number of hydrogen-bond donors (Lipinski definition) is 1. The van der Waals surface area contributed by atoms with Crippen molar-refractivity contribution in [3.05, 3.63) is 0 Å². The zero-order valence-corrected chi connectivity index (χ0v) is 14.4. The minimum absolute atomic E-state index is 0.692. The van der Waals surface area contributed by atoms with Crippen molar-refractivity contribution in [1.29, 1.82) is 0 Å². The molecule has 0 aromatic rings. The predicted octanol–water partition coefficient (Wildman–Crippen LogP) is 3.91. The van der Waals surface area contributed by atoms with Crippen LogP contribution in [-0.2, 0) is 0 Å². The van der Waals surface area contributed by atoms with E-state index in [-0.39, 0.29) is 0 Å². The molecule has 20 heavy (non-hydrogen) atoms.